The summed E-state index contributed by atoms with van der Waals surface area (Å²) < 4.78 is 5.66. The van der Waals surface area contributed by atoms with E-state index in [9.17, 15) is 14.9 Å². The van der Waals surface area contributed by atoms with E-state index in [2.05, 4.69) is 4.98 Å². The Bertz CT molecular complexity index is 509. The predicted octanol–water partition coefficient (Wildman–Crippen LogP) is 2.79. The van der Waals surface area contributed by atoms with E-state index in [0.29, 0.717) is 0 Å². The van der Waals surface area contributed by atoms with E-state index in [1.807, 2.05) is 0 Å². The molecule has 0 spiro atoms. The van der Waals surface area contributed by atoms with Crippen LogP contribution in [0.5, 0.6) is 5.88 Å². The zero-order valence-corrected chi connectivity index (χ0v) is 10.9. The van der Waals surface area contributed by atoms with Crippen molar-refractivity contribution < 1.29 is 19.6 Å². The third-order valence-electron chi connectivity index (χ3n) is 3.37. The maximum absolute atomic E-state index is 11.0. The quantitative estimate of drug-likeness (QED) is 0.516. The van der Waals surface area contributed by atoms with Gasteiger partial charge in [0, 0.05) is 6.07 Å². The Hall–Kier alpha value is -2.18. The summed E-state index contributed by atoms with van der Waals surface area (Å²) in [6.45, 7) is 0. The Morgan fingerprint density at radius 1 is 1.35 bits per heavy atom. The van der Waals surface area contributed by atoms with Crippen LogP contribution in [0.1, 0.15) is 48.9 Å². The summed E-state index contributed by atoms with van der Waals surface area (Å²) in [5, 5.41) is 19.7. The van der Waals surface area contributed by atoms with Gasteiger partial charge >= 0.3 is 11.7 Å². The van der Waals surface area contributed by atoms with Crippen molar-refractivity contribution in [1.29, 1.82) is 0 Å². The summed E-state index contributed by atoms with van der Waals surface area (Å²) in [5.74, 6) is -1.22. The lowest BCUT2D eigenvalue weighted by molar-refractivity contribution is -0.385. The molecule has 0 atom stereocenters. The van der Waals surface area contributed by atoms with Gasteiger partial charge in [-0.25, -0.2) is 9.78 Å². The number of carboxylic acid groups (broad SMARTS) is 1. The molecule has 0 radical (unpaired) electrons. The first-order valence-electron chi connectivity index (χ1n) is 6.62. The molecular formula is C13H16N2O5. The monoisotopic (exact) mass is 280 g/mol. The van der Waals surface area contributed by atoms with Gasteiger partial charge in [0.15, 0.2) is 0 Å². The standard InChI is InChI=1S/C13H16N2O5/c16-13(17)10-7-12(14-8-11(10)15(18)19)20-9-5-3-1-2-4-6-9/h7-9H,1-6H2,(H,16,17). The van der Waals surface area contributed by atoms with Gasteiger partial charge in [-0.3, -0.25) is 10.1 Å². The van der Waals surface area contributed by atoms with Crippen LogP contribution in [0.25, 0.3) is 0 Å². The molecular weight excluding hydrogens is 264 g/mol. The third kappa shape index (κ3) is 3.43. The van der Waals surface area contributed by atoms with Crippen LogP contribution in [-0.4, -0.2) is 27.1 Å². The highest BCUT2D eigenvalue weighted by Gasteiger charge is 2.23. The number of hydrogen-bond donors (Lipinski definition) is 1. The molecule has 0 saturated heterocycles. The molecule has 7 heteroatoms. The van der Waals surface area contributed by atoms with Crippen LogP contribution in [-0.2, 0) is 0 Å². The summed E-state index contributed by atoms with van der Waals surface area (Å²) in [4.78, 5) is 24.9. The summed E-state index contributed by atoms with van der Waals surface area (Å²) >= 11 is 0. The minimum atomic E-state index is -1.36. The van der Waals surface area contributed by atoms with Gasteiger partial charge in [-0.1, -0.05) is 12.8 Å². The van der Waals surface area contributed by atoms with Crippen molar-refractivity contribution in [3.05, 3.63) is 27.9 Å². The van der Waals surface area contributed by atoms with Gasteiger partial charge in [0.25, 0.3) is 0 Å². The summed E-state index contributed by atoms with van der Waals surface area (Å²) in [6, 6.07) is 1.13. The Kier molecular flexibility index (Phi) is 4.49. The predicted molar refractivity (Wildman–Crippen MR) is 70.0 cm³/mol. The van der Waals surface area contributed by atoms with Gasteiger partial charge in [0.05, 0.1) is 4.92 Å². The van der Waals surface area contributed by atoms with Crippen molar-refractivity contribution in [2.45, 2.75) is 44.6 Å². The molecule has 0 bridgehead atoms. The number of nitrogens with zero attached hydrogens (tertiary/aromatic N) is 2. The highest BCUT2D eigenvalue weighted by atomic mass is 16.6. The van der Waals surface area contributed by atoms with Crippen molar-refractivity contribution in [2.24, 2.45) is 0 Å². The normalized spacial score (nSPS) is 16.4. The average Bonchev–Trinajstić information content (AvgIpc) is 2.67. The van der Waals surface area contributed by atoms with E-state index >= 15 is 0 Å². The van der Waals surface area contributed by atoms with Gasteiger partial charge in [-0.15, -0.1) is 0 Å². The summed E-state index contributed by atoms with van der Waals surface area (Å²) in [6.07, 6.45) is 7.25. The van der Waals surface area contributed by atoms with Crippen molar-refractivity contribution in [1.82, 2.24) is 4.98 Å². The first kappa shape index (κ1) is 14.2. The second kappa shape index (κ2) is 6.31. The molecule has 1 heterocycles. The molecule has 20 heavy (non-hydrogen) atoms. The highest BCUT2D eigenvalue weighted by Crippen LogP contribution is 2.25. The molecule has 1 aliphatic carbocycles. The molecule has 0 amide bonds. The molecule has 1 N–H and O–H groups in total. The molecule has 0 aromatic carbocycles. The topological polar surface area (TPSA) is 103 Å². The SMILES string of the molecule is O=C(O)c1cc(OC2CCCCCC2)ncc1[N+](=O)[O-]. The Labute approximate surface area is 115 Å². The van der Waals surface area contributed by atoms with Crippen molar-refractivity contribution in [3.63, 3.8) is 0 Å². The second-order valence-electron chi connectivity index (χ2n) is 4.83. The molecule has 1 aliphatic rings. The van der Waals surface area contributed by atoms with Crippen molar-refractivity contribution in [3.8, 4) is 5.88 Å². The lowest BCUT2D eigenvalue weighted by atomic mass is 10.1. The number of carbonyl (C=O) groups is 1. The van der Waals surface area contributed by atoms with Crippen LogP contribution < -0.4 is 4.74 Å². The van der Waals surface area contributed by atoms with Crippen molar-refractivity contribution in [2.75, 3.05) is 0 Å². The van der Waals surface area contributed by atoms with Crippen molar-refractivity contribution >= 4 is 11.7 Å². The number of hydrogen-bond acceptors (Lipinski definition) is 5. The number of aromatic carboxylic acids is 1. The molecule has 0 unspecified atom stereocenters. The van der Waals surface area contributed by atoms with Crippen LogP contribution in [0, 0.1) is 10.1 Å². The number of carboxylic acids is 1. The van der Waals surface area contributed by atoms with Crippen LogP contribution in [0.15, 0.2) is 12.3 Å². The number of pyridine rings is 1. The van der Waals surface area contributed by atoms with E-state index in [0.717, 1.165) is 37.9 Å². The fourth-order valence-corrected chi connectivity index (χ4v) is 2.34. The zero-order chi connectivity index (χ0) is 14.5. The number of aromatic nitrogens is 1. The van der Waals surface area contributed by atoms with E-state index in [1.165, 1.54) is 12.8 Å². The van der Waals surface area contributed by atoms with Gasteiger partial charge in [-0.2, -0.15) is 0 Å². The number of nitro groups is 1. The fraction of sp³-hybridized carbons (Fsp3) is 0.538. The summed E-state index contributed by atoms with van der Waals surface area (Å²) in [7, 11) is 0. The molecule has 108 valence electrons. The molecule has 1 fully saturated rings. The lowest BCUT2D eigenvalue weighted by Crippen LogP contribution is -2.16. The highest BCUT2D eigenvalue weighted by molar-refractivity contribution is 5.92. The summed E-state index contributed by atoms with van der Waals surface area (Å²) in [5.41, 5.74) is -0.917. The first-order chi connectivity index (χ1) is 9.58. The van der Waals surface area contributed by atoms with Gasteiger partial charge in [0.1, 0.15) is 17.9 Å². The number of ether oxygens (including phenoxy) is 1. The fourth-order valence-electron chi connectivity index (χ4n) is 2.34. The third-order valence-corrected chi connectivity index (χ3v) is 3.37. The minimum absolute atomic E-state index is 0.00750. The van der Waals surface area contributed by atoms with Crippen LogP contribution in [0.4, 0.5) is 5.69 Å². The van der Waals surface area contributed by atoms with Gasteiger partial charge in [-0.05, 0) is 25.7 Å². The van der Waals surface area contributed by atoms with E-state index in [-0.39, 0.29) is 12.0 Å². The average molecular weight is 280 g/mol. The Balaban J connectivity index is 2.18. The van der Waals surface area contributed by atoms with Crippen LogP contribution >= 0.6 is 0 Å². The molecule has 1 saturated carbocycles. The molecule has 2 rings (SSSR count). The van der Waals surface area contributed by atoms with E-state index in [1.54, 1.807) is 0 Å². The van der Waals surface area contributed by atoms with Crippen LogP contribution in [0.2, 0.25) is 0 Å². The van der Waals surface area contributed by atoms with E-state index in [4.69, 9.17) is 9.84 Å². The van der Waals surface area contributed by atoms with Crippen LogP contribution in [0.3, 0.4) is 0 Å². The van der Waals surface area contributed by atoms with E-state index < -0.39 is 22.1 Å². The maximum atomic E-state index is 11.0. The molecule has 1 aromatic rings. The maximum Gasteiger partial charge on any atom is 0.342 e. The minimum Gasteiger partial charge on any atom is -0.477 e. The van der Waals surface area contributed by atoms with Gasteiger partial charge in [0.2, 0.25) is 5.88 Å². The molecule has 7 nitrogen and oxygen atoms in total. The smallest absolute Gasteiger partial charge is 0.342 e. The molecule has 0 aliphatic heterocycles. The second-order valence-corrected chi connectivity index (χ2v) is 4.83. The Morgan fingerprint density at radius 3 is 2.55 bits per heavy atom. The first-order valence-corrected chi connectivity index (χ1v) is 6.62. The largest absolute Gasteiger partial charge is 0.477 e. The molecule has 1 aromatic heterocycles. The lowest BCUT2D eigenvalue weighted by Gasteiger charge is -2.16. The Morgan fingerprint density at radius 2 is 2.00 bits per heavy atom. The van der Waals surface area contributed by atoms with Gasteiger partial charge < -0.3 is 9.84 Å². The number of rotatable bonds is 4. The zero-order valence-electron chi connectivity index (χ0n) is 10.9.